The van der Waals surface area contributed by atoms with Gasteiger partial charge in [0.05, 0.1) is 6.21 Å². The first kappa shape index (κ1) is 15.4. The number of nitrogens with zero attached hydrogens (tertiary/aromatic N) is 1. The fourth-order valence-electron chi connectivity index (χ4n) is 3.38. The fourth-order valence-corrected chi connectivity index (χ4v) is 3.38. The Morgan fingerprint density at radius 2 is 2.04 bits per heavy atom. The number of rotatable bonds is 3. The van der Waals surface area contributed by atoms with Gasteiger partial charge in [-0.1, -0.05) is 12.1 Å². The lowest BCUT2D eigenvalue weighted by Gasteiger charge is -2.10. The second kappa shape index (κ2) is 6.43. The number of hydrogen-bond acceptors (Lipinski definition) is 3. The summed E-state index contributed by atoms with van der Waals surface area (Å²) in [6, 6.07) is 12.4. The number of H-pyrrole nitrogens is 1. The third-order valence-corrected chi connectivity index (χ3v) is 4.61. The molecule has 1 heterocycles. The lowest BCUT2D eigenvalue weighted by atomic mass is 9.95. The maximum Gasteiger partial charge on any atom is 0.271 e. The molecule has 0 bridgehead atoms. The summed E-state index contributed by atoms with van der Waals surface area (Å²) >= 11 is 0. The van der Waals surface area contributed by atoms with Gasteiger partial charge in [-0.3, -0.25) is 4.79 Å². The number of aromatic hydroxyl groups is 1. The van der Waals surface area contributed by atoms with Crippen molar-refractivity contribution < 1.29 is 9.90 Å². The Balaban J connectivity index is 1.53. The van der Waals surface area contributed by atoms with E-state index in [1.807, 2.05) is 18.2 Å². The molecule has 1 aliphatic rings. The molecule has 2 aromatic carbocycles. The molecule has 5 nitrogen and oxygen atoms in total. The third kappa shape index (κ3) is 3.13. The van der Waals surface area contributed by atoms with Crippen molar-refractivity contribution in [1.29, 1.82) is 0 Å². The number of hydrazone groups is 1. The maximum absolute atomic E-state index is 12.4. The molecule has 1 aromatic heterocycles. The summed E-state index contributed by atoms with van der Waals surface area (Å²) in [4.78, 5) is 15.8. The van der Waals surface area contributed by atoms with Gasteiger partial charge in [-0.05, 0) is 67.1 Å². The molecule has 5 heteroatoms. The van der Waals surface area contributed by atoms with Crippen LogP contribution >= 0.6 is 0 Å². The molecule has 0 fully saturated rings. The van der Waals surface area contributed by atoms with Gasteiger partial charge < -0.3 is 10.1 Å². The van der Waals surface area contributed by atoms with Crippen molar-refractivity contribution in [2.75, 3.05) is 0 Å². The van der Waals surface area contributed by atoms with Crippen LogP contribution in [0.15, 0.2) is 47.6 Å². The van der Waals surface area contributed by atoms with Crippen LogP contribution < -0.4 is 5.43 Å². The van der Waals surface area contributed by atoms with Crippen molar-refractivity contribution in [3.05, 3.63) is 64.8 Å². The van der Waals surface area contributed by atoms with E-state index in [4.69, 9.17) is 0 Å². The fraction of sp³-hybridized carbons (Fsp3) is 0.200. The normalized spacial score (nSPS) is 13.9. The van der Waals surface area contributed by atoms with E-state index in [0.29, 0.717) is 5.56 Å². The van der Waals surface area contributed by atoms with E-state index in [9.17, 15) is 9.90 Å². The number of carbonyl (C=O) groups is 1. The van der Waals surface area contributed by atoms with Gasteiger partial charge in [0.15, 0.2) is 0 Å². The van der Waals surface area contributed by atoms with Crippen LogP contribution in [0.2, 0.25) is 0 Å². The Bertz CT molecular complexity index is 972. The zero-order valence-electron chi connectivity index (χ0n) is 13.7. The molecule has 3 N–H and O–H groups in total. The molecular weight excluding hydrogens is 314 g/mol. The summed E-state index contributed by atoms with van der Waals surface area (Å²) in [5.74, 6) is -0.0815. The van der Waals surface area contributed by atoms with Gasteiger partial charge in [-0.2, -0.15) is 5.10 Å². The molecule has 0 unspecified atom stereocenters. The molecule has 126 valence electrons. The van der Waals surface area contributed by atoms with Gasteiger partial charge >= 0.3 is 0 Å². The first-order chi connectivity index (χ1) is 12.2. The standard InChI is InChI=1S/C20H19N3O2/c24-15-5-3-4-13(10-15)12-21-23-20(25)14-8-9-19-17(11-14)16-6-1-2-7-18(16)22-19/h3-5,8-12,22,24H,1-2,6-7H2,(H,23,25)/b21-12-. The van der Waals surface area contributed by atoms with Crippen molar-refractivity contribution in [3.8, 4) is 5.75 Å². The number of phenols is 1. The molecule has 4 rings (SSSR count). The molecule has 0 saturated carbocycles. The van der Waals surface area contributed by atoms with Crippen LogP contribution in [-0.4, -0.2) is 22.2 Å². The van der Waals surface area contributed by atoms with Crippen LogP contribution in [0.25, 0.3) is 10.9 Å². The van der Waals surface area contributed by atoms with Gasteiger partial charge in [0, 0.05) is 22.2 Å². The zero-order chi connectivity index (χ0) is 17.2. The summed E-state index contributed by atoms with van der Waals surface area (Å²) in [5, 5.41) is 14.5. The molecule has 0 spiro atoms. The second-order valence-corrected chi connectivity index (χ2v) is 6.34. The van der Waals surface area contributed by atoms with E-state index < -0.39 is 0 Å². The number of amides is 1. The number of aryl methyl sites for hydroxylation is 2. The number of hydrogen-bond donors (Lipinski definition) is 3. The van der Waals surface area contributed by atoms with Crippen LogP contribution in [0.4, 0.5) is 0 Å². The molecule has 0 aliphatic heterocycles. The summed E-state index contributed by atoms with van der Waals surface area (Å²) in [7, 11) is 0. The van der Waals surface area contributed by atoms with Crippen LogP contribution in [-0.2, 0) is 12.8 Å². The van der Waals surface area contributed by atoms with Crippen molar-refractivity contribution in [3.63, 3.8) is 0 Å². The number of aromatic nitrogens is 1. The highest BCUT2D eigenvalue weighted by Gasteiger charge is 2.16. The van der Waals surface area contributed by atoms with Gasteiger partial charge in [-0.25, -0.2) is 5.43 Å². The Morgan fingerprint density at radius 1 is 1.16 bits per heavy atom. The first-order valence-electron chi connectivity index (χ1n) is 8.46. The van der Waals surface area contributed by atoms with Gasteiger partial charge in [0.2, 0.25) is 0 Å². The molecule has 25 heavy (non-hydrogen) atoms. The Kier molecular flexibility index (Phi) is 3.98. The zero-order valence-corrected chi connectivity index (χ0v) is 13.7. The highest BCUT2D eigenvalue weighted by atomic mass is 16.3. The summed E-state index contributed by atoms with van der Waals surface area (Å²) in [6.45, 7) is 0. The summed E-state index contributed by atoms with van der Waals surface area (Å²) < 4.78 is 0. The average Bonchev–Trinajstić information content (AvgIpc) is 2.99. The maximum atomic E-state index is 12.4. The number of benzene rings is 2. The minimum atomic E-state index is -0.246. The van der Waals surface area contributed by atoms with Crippen molar-refractivity contribution in [2.45, 2.75) is 25.7 Å². The largest absolute Gasteiger partial charge is 0.508 e. The van der Waals surface area contributed by atoms with E-state index in [1.54, 1.807) is 24.3 Å². The number of aromatic amines is 1. The van der Waals surface area contributed by atoms with Crippen LogP contribution in [0, 0.1) is 0 Å². The predicted molar refractivity (Wildman–Crippen MR) is 98.1 cm³/mol. The summed E-state index contributed by atoms with van der Waals surface area (Å²) in [5.41, 5.74) is 7.59. The summed E-state index contributed by atoms with van der Waals surface area (Å²) in [6.07, 6.45) is 6.08. The number of nitrogens with one attached hydrogen (secondary N) is 2. The number of fused-ring (bicyclic) bond motifs is 3. The predicted octanol–water partition coefficient (Wildman–Crippen LogP) is 3.52. The number of carbonyl (C=O) groups excluding carboxylic acids is 1. The Morgan fingerprint density at radius 3 is 2.92 bits per heavy atom. The smallest absolute Gasteiger partial charge is 0.271 e. The van der Waals surface area contributed by atoms with E-state index in [-0.39, 0.29) is 11.7 Å². The molecule has 1 amide bonds. The average molecular weight is 333 g/mol. The highest BCUT2D eigenvalue weighted by molar-refractivity contribution is 5.99. The topological polar surface area (TPSA) is 77.5 Å². The van der Waals surface area contributed by atoms with E-state index >= 15 is 0 Å². The van der Waals surface area contributed by atoms with E-state index in [0.717, 1.165) is 29.3 Å². The van der Waals surface area contributed by atoms with Crippen molar-refractivity contribution in [1.82, 2.24) is 10.4 Å². The molecule has 3 aromatic rings. The third-order valence-electron chi connectivity index (χ3n) is 4.61. The van der Waals surface area contributed by atoms with E-state index in [1.165, 1.54) is 30.3 Å². The van der Waals surface area contributed by atoms with Gasteiger partial charge in [0.1, 0.15) is 5.75 Å². The van der Waals surface area contributed by atoms with E-state index in [2.05, 4.69) is 15.5 Å². The lowest BCUT2D eigenvalue weighted by Crippen LogP contribution is -2.17. The quantitative estimate of drug-likeness (QED) is 0.506. The van der Waals surface area contributed by atoms with Crippen LogP contribution in [0.1, 0.15) is 40.0 Å². The van der Waals surface area contributed by atoms with Gasteiger partial charge in [-0.15, -0.1) is 0 Å². The Labute approximate surface area is 145 Å². The van der Waals surface area contributed by atoms with Crippen molar-refractivity contribution in [2.24, 2.45) is 5.10 Å². The molecule has 0 atom stereocenters. The second-order valence-electron chi connectivity index (χ2n) is 6.34. The number of phenolic OH excluding ortho intramolecular Hbond substituents is 1. The highest BCUT2D eigenvalue weighted by Crippen LogP contribution is 2.29. The van der Waals surface area contributed by atoms with Gasteiger partial charge in [0.25, 0.3) is 5.91 Å². The first-order valence-corrected chi connectivity index (χ1v) is 8.46. The minimum Gasteiger partial charge on any atom is -0.508 e. The monoisotopic (exact) mass is 333 g/mol. The molecule has 1 aliphatic carbocycles. The molecular formula is C20H19N3O2. The van der Waals surface area contributed by atoms with Crippen LogP contribution in [0.3, 0.4) is 0 Å². The lowest BCUT2D eigenvalue weighted by molar-refractivity contribution is 0.0955. The molecule has 0 saturated heterocycles. The minimum absolute atomic E-state index is 0.165. The SMILES string of the molecule is O=C(N/N=C\c1cccc(O)c1)c1ccc2[nH]c3c(c2c1)CCCC3. The Hall–Kier alpha value is -3.08. The van der Waals surface area contributed by atoms with Crippen LogP contribution in [0.5, 0.6) is 5.75 Å². The molecule has 0 radical (unpaired) electrons. The van der Waals surface area contributed by atoms with Crippen molar-refractivity contribution >= 4 is 23.0 Å².